The van der Waals surface area contributed by atoms with E-state index >= 15 is 0 Å². The van der Waals surface area contributed by atoms with Gasteiger partial charge in [-0.3, -0.25) is 13.9 Å². The standard InChI is InChI=1S/C31H38ClN3O4S/c1-7-27(30(37)33-31(4,5)6)34(20-24-13-11-12-22(2)18-24)29(36)21-35(28-19-25(32)17-16-23(28)3)40(38,39)26-14-9-8-10-15-26/h8-19,27H,7,20-21H2,1-6H3,(H,33,37). The first-order chi connectivity index (χ1) is 18.7. The number of carbonyl (C=O) groups excluding carboxylic acids is 2. The first kappa shape index (κ1) is 31.2. The first-order valence-electron chi connectivity index (χ1n) is 13.2. The molecule has 0 radical (unpaired) electrons. The van der Waals surface area contributed by atoms with Crippen LogP contribution in [0.1, 0.15) is 50.8 Å². The van der Waals surface area contributed by atoms with Crippen LogP contribution >= 0.6 is 11.6 Å². The monoisotopic (exact) mass is 583 g/mol. The number of aryl methyl sites for hydroxylation is 2. The molecule has 3 aromatic rings. The summed E-state index contributed by atoms with van der Waals surface area (Å²) in [5.41, 5.74) is 2.28. The van der Waals surface area contributed by atoms with Gasteiger partial charge in [-0.1, -0.05) is 72.6 Å². The summed E-state index contributed by atoms with van der Waals surface area (Å²) in [6, 6.07) is 19.8. The number of benzene rings is 3. The maximum atomic E-state index is 14.2. The molecular weight excluding hydrogens is 546 g/mol. The summed E-state index contributed by atoms with van der Waals surface area (Å²) >= 11 is 6.28. The van der Waals surface area contributed by atoms with Crippen LogP contribution in [0, 0.1) is 13.8 Å². The van der Waals surface area contributed by atoms with Crippen LogP contribution in [-0.4, -0.2) is 43.3 Å². The molecule has 214 valence electrons. The lowest BCUT2D eigenvalue weighted by molar-refractivity contribution is -0.141. The Morgan fingerprint density at radius 2 is 1.62 bits per heavy atom. The third kappa shape index (κ3) is 7.86. The number of halogens is 1. The predicted octanol–water partition coefficient (Wildman–Crippen LogP) is 5.87. The van der Waals surface area contributed by atoms with Gasteiger partial charge >= 0.3 is 0 Å². The molecular formula is C31H38ClN3O4S. The van der Waals surface area contributed by atoms with E-state index in [2.05, 4.69) is 5.32 Å². The Balaban J connectivity index is 2.11. The van der Waals surface area contributed by atoms with Crippen LogP contribution in [0.3, 0.4) is 0 Å². The third-order valence-corrected chi connectivity index (χ3v) is 8.38. The lowest BCUT2D eigenvalue weighted by Gasteiger charge is -2.35. The summed E-state index contributed by atoms with van der Waals surface area (Å²) in [6.07, 6.45) is 0.348. The van der Waals surface area contributed by atoms with Gasteiger partial charge in [0.25, 0.3) is 10.0 Å². The molecule has 7 nitrogen and oxygen atoms in total. The van der Waals surface area contributed by atoms with Crippen LogP contribution in [0.4, 0.5) is 5.69 Å². The van der Waals surface area contributed by atoms with Gasteiger partial charge in [-0.15, -0.1) is 0 Å². The molecule has 0 heterocycles. The van der Waals surface area contributed by atoms with Crippen LogP contribution in [0.25, 0.3) is 0 Å². The number of sulfonamides is 1. The van der Waals surface area contributed by atoms with Crippen LogP contribution in [0.15, 0.2) is 77.7 Å². The molecule has 0 fully saturated rings. The quantitative estimate of drug-likeness (QED) is 0.323. The van der Waals surface area contributed by atoms with Gasteiger partial charge in [0.1, 0.15) is 12.6 Å². The summed E-state index contributed by atoms with van der Waals surface area (Å²) < 4.78 is 29.0. The zero-order valence-electron chi connectivity index (χ0n) is 23.9. The minimum Gasteiger partial charge on any atom is -0.350 e. The second-order valence-electron chi connectivity index (χ2n) is 10.9. The van der Waals surface area contributed by atoms with Crippen molar-refractivity contribution in [2.24, 2.45) is 0 Å². The van der Waals surface area contributed by atoms with Gasteiger partial charge in [0.2, 0.25) is 11.8 Å². The molecule has 3 rings (SSSR count). The Bertz CT molecular complexity index is 1450. The first-order valence-corrected chi connectivity index (χ1v) is 15.1. The van der Waals surface area contributed by atoms with Crippen molar-refractivity contribution in [3.8, 4) is 0 Å². The molecule has 40 heavy (non-hydrogen) atoms. The fourth-order valence-corrected chi connectivity index (χ4v) is 6.12. The van der Waals surface area contributed by atoms with E-state index in [1.807, 2.05) is 58.9 Å². The minimum absolute atomic E-state index is 0.0462. The largest absolute Gasteiger partial charge is 0.350 e. The Morgan fingerprint density at radius 3 is 2.23 bits per heavy atom. The maximum absolute atomic E-state index is 14.2. The zero-order chi connectivity index (χ0) is 29.7. The van der Waals surface area contributed by atoms with Crippen LogP contribution in [0.2, 0.25) is 5.02 Å². The molecule has 9 heteroatoms. The normalized spacial score (nSPS) is 12.5. The number of carbonyl (C=O) groups is 2. The number of anilines is 1. The van der Waals surface area contributed by atoms with Gasteiger partial charge in [0.05, 0.1) is 10.6 Å². The number of rotatable bonds is 10. The second kappa shape index (κ2) is 12.9. The van der Waals surface area contributed by atoms with E-state index in [0.29, 0.717) is 22.7 Å². The van der Waals surface area contributed by atoms with E-state index in [-0.39, 0.29) is 17.3 Å². The zero-order valence-corrected chi connectivity index (χ0v) is 25.5. The highest BCUT2D eigenvalue weighted by atomic mass is 35.5. The molecule has 0 saturated heterocycles. The van der Waals surface area contributed by atoms with Crippen molar-refractivity contribution in [2.75, 3.05) is 10.8 Å². The lowest BCUT2D eigenvalue weighted by atomic mass is 10.0. The van der Waals surface area contributed by atoms with Gasteiger partial charge in [-0.05, 0) is 76.4 Å². The highest BCUT2D eigenvalue weighted by molar-refractivity contribution is 7.92. The molecule has 0 spiro atoms. The van der Waals surface area contributed by atoms with E-state index in [1.165, 1.54) is 17.0 Å². The topological polar surface area (TPSA) is 86.8 Å². The Morgan fingerprint density at radius 1 is 0.950 bits per heavy atom. The van der Waals surface area contributed by atoms with Gasteiger partial charge in [-0.2, -0.15) is 0 Å². The second-order valence-corrected chi connectivity index (χ2v) is 13.2. The summed E-state index contributed by atoms with van der Waals surface area (Å²) in [4.78, 5) is 29.1. The fraction of sp³-hybridized carbons (Fsp3) is 0.355. The van der Waals surface area contributed by atoms with E-state index in [0.717, 1.165) is 15.4 Å². The number of nitrogens with one attached hydrogen (secondary N) is 1. The molecule has 0 aromatic heterocycles. The summed E-state index contributed by atoms with van der Waals surface area (Å²) in [5.74, 6) is -0.802. The summed E-state index contributed by atoms with van der Waals surface area (Å²) in [7, 11) is -4.16. The van der Waals surface area contributed by atoms with E-state index in [1.54, 1.807) is 43.3 Å². The van der Waals surface area contributed by atoms with Crippen molar-refractivity contribution in [1.29, 1.82) is 0 Å². The summed E-state index contributed by atoms with van der Waals surface area (Å²) in [5, 5.41) is 3.32. The Hall–Kier alpha value is -3.36. The van der Waals surface area contributed by atoms with Crippen molar-refractivity contribution >= 4 is 39.1 Å². The van der Waals surface area contributed by atoms with Crippen LogP contribution in [-0.2, 0) is 26.2 Å². The van der Waals surface area contributed by atoms with Crippen molar-refractivity contribution in [3.05, 3.63) is 94.5 Å². The van der Waals surface area contributed by atoms with Crippen molar-refractivity contribution in [2.45, 2.75) is 71.0 Å². The number of amides is 2. The van der Waals surface area contributed by atoms with E-state index in [4.69, 9.17) is 11.6 Å². The number of hydrogen-bond donors (Lipinski definition) is 1. The lowest BCUT2D eigenvalue weighted by Crippen LogP contribution is -2.55. The number of nitrogens with zero attached hydrogens (tertiary/aromatic N) is 2. The molecule has 0 aliphatic carbocycles. The molecule has 2 amide bonds. The Labute approximate surface area is 243 Å². The van der Waals surface area contributed by atoms with E-state index in [9.17, 15) is 18.0 Å². The average molecular weight is 584 g/mol. The SMILES string of the molecule is CCC(C(=O)NC(C)(C)C)N(Cc1cccc(C)c1)C(=O)CN(c1cc(Cl)ccc1C)S(=O)(=O)c1ccccc1. The van der Waals surface area contributed by atoms with Gasteiger partial charge in [0, 0.05) is 17.1 Å². The fourth-order valence-electron chi connectivity index (χ4n) is 4.46. The van der Waals surface area contributed by atoms with Gasteiger partial charge in [0.15, 0.2) is 0 Å². The molecule has 0 saturated carbocycles. The number of hydrogen-bond acceptors (Lipinski definition) is 4. The molecule has 3 aromatic carbocycles. The van der Waals surface area contributed by atoms with Crippen LogP contribution in [0.5, 0.6) is 0 Å². The molecule has 1 N–H and O–H groups in total. The highest BCUT2D eigenvalue weighted by Gasteiger charge is 2.35. The third-order valence-electron chi connectivity index (χ3n) is 6.37. The van der Waals surface area contributed by atoms with Gasteiger partial charge in [-0.25, -0.2) is 8.42 Å². The van der Waals surface area contributed by atoms with Crippen molar-refractivity contribution in [1.82, 2.24) is 10.2 Å². The highest BCUT2D eigenvalue weighted by Crippen LogP contribution is 2.30. The molecule has 1 atom stereocenters. The summed E-state index contributed by atoms with van der Waals surface area (Å²) in [6.45, 7) is 10.8. The van der Waals surface area contributed by atoms with E-state index < -0.39 is 34.1 Å². The molecule has 0 bridgehead atoms. The van der Waals surface area contributed by atoms with Crippen molar-refractivity contribution in [3.63, 3.8) is 0 Å². The predicted molar refractivity (Wildman–Crippen MR) is 161 cm³/mol. The molecule has 0 aliphatic heterocycles. The maximum Gasteiger partial charge on any atom is 0.264 e. The smallest absolute Gasteiger partial charge is 0.264 e. The van der Waals surface area contributed by atoms with Gasteiger partial charge < -0.3 is 10.2 Å². The Kier molecular flexibility index (Phi) is 10.0. The molecule has 0 aliphatic rings. The minimum atomic E-state index is -4.16. The van der Waals surface area contributed by atoms with Crippen LogP contribution < -0.4 is 9.62 Å². The molecule has 1 unspecified atom stereocenters. The van der Waals surface area contributed by atoms with Crippen molar-refractivity contribution < 1.29 is 18.0 Å². The average Bonchev–Trinajstić information content (AvgIpc) is 2.88.